The highest BCUT2D eigenvalue weighted by Crippen LogP contribution is 2.15. The quantitative estimate of drug-likeness (QED) is 0.636. The molecule has 0 N–H and O–H groups in total. The highest BCUT2D eigenvalue weighted by molar-refractivity contribution is 5.74. The summed E-state index contributed by atoms with van der Waals surface area (Å²) in [5, 5.41) is 0. The number of allylic oxidation sites excluding steroid dienone is 6. The van der Waals surface area contributed by atoms with Crippen molar-refractivity contribution in [3.63, 3.8) is 0 Å². The Bertz CT molecular complexity index is 397. The lowest BCUT2D eigenvalue weighted by Gasteiger charge is -1.99. The van der Waals surface area contributed by atoms with Gasteiger partial charge in [0.05, 0.1) is 0 Å². The standard InChI is InChI=1S/C14H13F/c1-3-12(10-11-14(15)4-2)13-8-6-5-7-9-13/h3-11H,1-2H2/b12-10+,14-11+. The molecule has 0 aromatic heterocycles. The van der Waals surface area contributed by atoms with Crippen LogP contribution >= 0.6 is 0 Å². The fourth-order valence-corrected chi connectivity index (χ4v) is 1.15. The van der Waals surface area contributed by atoms with Crippen molar-refractivity contribution < 1.29 is 4.39 Å². The molecule has 0 aliphatic heterocycles. The van der Waals surface area contributed by atoms with Gasteiger partial charge >= 0.3 is 0 Å². The molecule has 0 atom stereocenters. The average Bonchev–Trinajstić information content (AvgIpc) is 2.31. The van der Waals surface area contributed by atoms with Gasteiger partial charge in [0.25, 0.3) is 0 Å². The molecule has 1 aromatic rings. The second-order valence-electron chi connectivity index (χ2n) is 2.95. The summed E-state index contributed by atoms with van der Waals surface area (Å²) in [6, 6.07) is 9.70. The fourth-order valence-electron chi connectivity index (χ4n) is 1.15. The molecule has 0 heterocycles. The number of hydrogen-bond acceptors (Lipinski definition) is 0. The molecule has 15 heavy (non-hydrogen) atoms. The number of rotatable bonds is 4. The fraction of sp³-hybridized carbons (Fsp3) is 0. The minimum absolute atomic E-state index is 0.356. The zero-order valence-electron chi connectivity index (χ0n) is 8.49. The Hall–Kier alpha value is -1.89. The van der Waals surface area contributed by atoms with Gasteiger partial charge in [0.2, 0.25) is 0 Å². The average molecular weight is 200 g/mol. The lowest BCUT2D eigenvalue weighted by molar-refractivity contribution is 0.668. The minimum atomic E-state index is -0.356. The third-order valence-electron chi connectivity index (χ3n) is 1.94. The van der Waals surface area contributed by atoms with E-state index in [9.17, 15) is 4.39 Å². The first-order valence-electron chi connectivity index (χ1n) is 4.65. The molecule has 0 saturated carbocycles. The van der Waals surface area contributed by atoms with Gasteiger partial charge in [0.1, 0.15) is 5.83 Å². The molecule has 76 valence electrons. The largest absolute Gasteiger partial charge is 0.207 e. The minimum Gasteiger partial charge on any atom is -0.207 e. The van der Waals surface area contributed by atoms with E-state index in [0.717, 1.165) is 11.1 Å². The predicted molar refractivity (Wildman–Crippen MR) is 64.0 cm³/mol. The summed E-state index contributed by atoms with van der Waals surface area (Å²) in [5.41, 5.74) is 1.90. The Morgan fingerprint density at radius 3 is 2.20 bits per heavy atom. The first kappa shape index (κ1) is 11.2. The molecule has 0 saturated heterocycles. The second-order valence-corrected chi connectivity index (χ2v) is 2.95. The molecule has 0 radical (unpaired) electrons. The molecule has 1 heteroatoms. The Morgan fingerprint density at radius 2 is 1.67 bits per heavy atom. The maximum atomic E-state index is 12.8. The molecule has 0 unspecified atom stereocenters. The molecule has 1 aromatic carbocycles. The summed E-state index contributed by atoms with van der Waals surface area (Å²) in [6.07, 6.45) is 5.92. The van der Waals surface area contributed by atoms with Gasteiger partial charge in [-0.1, -0.05) is 55.6 Å². The highest BCUT2D eigenvalue weighted by atomic mass is 19.1. The van der Waals surface area contributed by atoms with Crippen molar-refractivity contribution in [1.29, 1.82) is 0 Å². The van der Waals surface area contributed by atoms with E-state index in [2.05, 4.69) is 13.2 Å². The summed E-state index contributed by atoms with van der Waals surface area (Å²) in [6.45, 7) is 7.03. The third-order valence-corrected chi connectivity index (χ3v) is 1.94. The lowest BCUT2D eigenvalue weighted by atomic mass is 10.1. The van der Waals surface area contributed by atoms with Gasteiger partial charge in [-0.2, -0.15) is 0 Å². The summed E-state index contributed by atoms with van der Waals surface area (Å²) >= 11 is 0. The lowest BCUT2D eigenvalue weighted by Crippen LogP contribution is -1.78. The highest BCUT2D eigenvalue weighted by Gasteiger charge is 1.94. The van der Waals surface area contributed by atoms with E-state index in [4.69, 9.17) is 0 Å². The molecule has 0 fully saturated rings. The molecule has 0 bridgehead atoms. The van der Waals surface area contributed by atoms with Crippen molar-refractivity contribution in [3.8, 4) is 0 Å². The van der Waals surface area contributed by atoms with Gasteiger partial charge < -0.3 is 0 Å². The van der Waals surface area contributed by atoms with E-state index in [-0.39, 0.29) is 5.83 Å². The smallest absolute Gasteiger partial charge is 0.122 e. The topological polar surface area (TPSA) is 0 Å². The van der Waals surface area contributed by atoms with Gasteiger partial charge in [0, 0.05) is 0 Å². The van der Waals surface area contributed by atoms with E-state index < -0.39 is 0 Å². The van der Waals surface area contributed by atoms with Crippen LogP contribution in [0.1, 0.15) is 5.56 Å². The molecule has 0 aliphatic rings. The van der Waals surface area contributed by atoms with Crippen LogP contribution in [0.4, 0.5) is 4.39 Å². The van der Waals surface area contributed by atoms with Crippen LogP contribution < -0.4 is 0 Å². The summed E-state index contributed by atoms with van der Waals surface area (Å²) in [4.78, 5) is 0. The zero-order valence-corrected chi connectivity index (χ0v) is 8.49. The monoisotopic (exact) mass is 200 g/mol. The van der Waals surface area contributed by atoms with Crippen LogP contribution in [0, 0.1) is 0 Å². The third kappa shape index (κ3) is 3.39. The van der Waals surface area contributed by atoms with E-state index in [0.29, 0.717) is 0 Å². The van der Waals surface area contributed by atoms with Crippen molar-refractivity contribution in [1.82, 2.24) is 0 Å². The van der Waals surface area contributed by atoms with Crippen molar-refractivity contribution in [2.45, 2.75) is 0 Å². The Morgan fingerprint density at radius 1 is 1.00 bits per heavy atom. The maximum absolute atomic E-state index is 12.8. The first-order chi connectivity index (χ1) is 7.27. The van der Waals surface area contributed by atoms with Crippen LogP contribution in [0.3, 0.4) is 0 Å². The molecular formula is C14H13F. The first-order valence-corrected chi connectivity index (χ1v) is 4.65. The van der Waals surface area contributed by atoms with Crippen LogP contribution in [0.2, 0.25) is 0 Å². The number of halogens is 1. The summed E-state index contributed by atoms with van der Waals surface area (Å²) in [5.74, 6) is -0.356. The Kier molecular flexibility index (Phi) is 4.30. The van der Waals surface area contributed by atoms with Crippen LogP contribution in [0.25, 0.3) is 5.57 Å². The van der Waals surface area contributed by atoms with E-state index in [1.807, 2.05) is 30.3 Å². The van der Waals surface area contributed by atoms with E-state index in [1.165, 1.54) is 12.2 Å². The Labute approximate surface area is 89.8 Å². The normalized spacial score (nSPS) is 12.3. The van der Waals surface area contributed by atoms with E-state index >= 15 is 0 Å². The van der Waals surface area contributed by atoms with E-state index in [1.54, 1.807) is 12.2 Å². The maximum Gasteiger partial charge on any atom is 0.122 e. The van der Waals surface area contributed by atoms with Crippen LogP contribution in [0.15, 0.2) is 73.6 Å². The van der Waals surface area contributed by atoms with Gasteiger partial charge in [-0.05, 0) is 23.3 Å². The van der Waals surface area contributed by atoms with Crippen molar-refractivity contribution in [2.75, 3.05) is 0 Å². The molecule has 1 rings (SSSR count). The molecule has 0 nitrogen and oxygen atoms in total. The van der Waals surface area contributed by atoms with Gasteiger partial charge in [-0.3, -0.25) is 0 Å². The number of benzene rings is 1. The second kappa shape index (κ2) is 5.76. The number of hydrogen-bond donors (Lipinski definition) is 0. The van der Waals surface area contributed by atoms with Crippen molar-refractivity contribution in [3.05, 3.63) is 79.2 Å². The van der Waals surface area contributed by atoms with Gasteiger partial charge in [-0.15, -0.1) is 0 Å². The Balaban J connectivity index is 3.00. The molecule has 0 amide bonds. The van der Waals surface area contributed by atoms with Gasteiger partial charge in [0.15, 0.2) is 0 Å². The van der Waals surface area contributed by atoms with Crippen LogP contribution in [0.5, 0.6) is 0 Å². The molecule has 0 spiro atoms. The van der Waals surface area contributed by atoms with Crippen LogP contribution in [-0.2, 0) is 0 Å². The summed E-state index contributed by atoms with van der Waals surface area (Å²) < 4.78 is 12.8. The van der Waals surface area contributed by atoms with Gasteiger partial charge in [-0.25, -0.2) is 4.39 Å². The molecule has 0 aliphatic carbocycles. The van der Waals surface area contributed by atoms with Crippen molar-refractivity contribution in [2.24, 2.45) is 0 Å². The zero-order chi connectivity index (χ0) is 11.1. The molecular weight excluding hydrogens is 187 g/mol. The van der Waals surface area contributed by atoms with Crippen molar-refractivity contribution >= 4 is 5.57 Å². The predicted octanol–water partition coefficient (Wildman–Crippen LogP) is 4.30. The SMILES string of the molecule is C=C/C(F)=C\C=C(/C=C)c1ccccc1. The summed E-state index contributed by atoms with van der Waals surface area (Å²) in [7, 11) is 0. The van der Waals surface area contributed by atoms with Crippen LogP contribution in [-0.4, -0.2) is 0 Å².